The standard InChI is InChI=1S/C5H9N2/c1-5-6-3-4-7(5)2/h4H,3H2,1-2H3/q+1. The maximum absolute atomic E-state index is 4.10. The molecular formula is C5H9N2+. The lowest BCUT2D eigenvalue weighted by Crippen LogP contribution is -2.07. The predicted molar refractivity (Wildman–Crippen MR) is 30.2 cm³/mol. The van der Waals surface area contributed by atoms with Crippen LogP contribution in [0.5, 0.6) is 0 Å². The summed E-state index contributed by atoms with van der Waals surface area (Å²) in [7, 11) is 2.01. The van der Waals surface area contributed by atoms with Crippen LogP contribution < -0.4 is 0 Å². The molecule has 0 aromatic rings. The number of aliphatic imine (C=N–C) groups is 1. The van der Waals surface area contributed by atoms with E-state index in [1.807, 2.05) is 18.5 Å². The molecule has 0 amide bonds. The van der Waals surface area contributed by atoms with Crippen LogP contribution in [0.15, 0.2) is 4.99 Å². The molecule has 0 radical (unpaired) electrons. The van der Waals surface area contributed by atoms with Crippen LogP contribution in [0.1, 0.15) is 6.92 Å². The van der Waals surface area contributed by atoms with Crippen molar-refractivity contribution in [2.75, 3.05) is 13.6 Å². The molecule has 0 unspecified atom stereocenters. The number of nitrogens with zero attached hydrogens (tertiary/aromatic N) is 2. The Morgan fingerprint density at radius 1 is 1.86 bits per heavy atom. The van der Waals surface area contributed by atoms with Crippen LogP contribution in [0, 0.1) is 0 Å². The van der Waals surface area contributed by atoms with Gasteiger partial charge in [0.25, 0.3) is 5.84 Å². The second kappa shape index (κ2) is 1.45. The largest absolute Gasteiger partial charge is 0.289 e. The van der Waals surface area contributed by atoms with Crippen LogP contribution in [0.4, 0.5) is 0 Å². The summed E-state index contributed by atoms with van der Waals surface area (Å²) in [6.45, 7) is 2.87. The normalized spacial score (nSPS) is 19.1. The molecule has 0 N–H and O–H groups in total. The molecule has 0 atom stereocenters. The Labute approximate surface area is 43.2 Å². The third-order valence-corrected chi connectivity index (χ3v) is 1.19. The fraction of sp³-hybridized carbons (Fsp3) is 0.600. The molecule has 0 aromatic carbocycles. The maximum atomic E-state index is 4.10. The topological polar surface area (TPSA) is 15.4 Å². The van der Waals surface area contributed by atoms with Gasteiger partial charge in [0.05, 0.1) is 7.05 Å². The lowest BCUT2D eigenvalue weighted by Gasteiger charge is -1.81. The van der Waals surface area contributed by atoms with Crippen molar-refractivity contribution in [1.82, 2.24) is 0 Å². The highest BCUT2D eigenvalue weighted by Crippen LogP contribution is 1.83. The highest BCUT2D eigenvalue weighted by molar-refractivity contribution is 5.80. The molecule has 0 saturated carbocycles. The Morgan fingerprint density at radius 3 is 2.71 bits per heavy atom. The second-order valence-corrected chi connectivity index (χ2v) is 1.68. The zero-order valence-electron chi connectivity index (χ0n) is 4.68. The molecule has 0 spiro atoms. The van der Waals surface area contributed by atoms with E-state index < -0.39 is 0 Å². The minimum absolute atomic E-state index is 0.863. The molecule has 2 nitrogen and oxygen atoms in total. The first-order valence-electron chi connectivity index (χ1n) is 2.38. The fourth-order valence-corrected chi connectivity index (χ4v) is 0.539. The van der Waals surface area contributed by atoms with Gasteiger partial charge in [0.2, 0.25) is 0 Å². The third kappa shape index (κ3) is 0.683. The quantitative estimate of drug-likeness (QED) is 0.382. The minimum atomic E-state index is 0.863. The predicted octanol–water partition coefficient (Wildman–Crippen LogP) is 0.131. The van der Waals surface area contributed by atoms with Gasteiger partial charge < -0.3 is 0 Å². The molecule has 0 aromatic heterocycles. The van der Waals surface area contributed by atoms with Crippen LogP contribution in [0.2, 0.25) is 0 Å². The van der Waals surface area contributed by atoms with E-state index in [0.717, 1.165) is 12.4 Å². The summed E-state index contributed by atoms with van der Waals surface area (Å²) in [5.74, 6) is 1.11. The second-order valence-electron chi connectivity index (χ2n) is 1.68. The first-order valence-corrected chi connectivity index (χ1v) is 2.38. The molecule has 0 saturated heterocycles. The maximum Gasteiger partial charge on any atom is 0.289 e. The molecule has 0 bridgehead atoms. The Kier molecular flexibility index (Phi) is 0.929. The zero-order valence-corrected chi connectivity index (χ0v) is 4.68. The van der Waals surface area contributed by atoms with Gasteiger partial charge >= 0.3 is 0 Å². The summed E-state index contributed by atoms with van der Waals surface area (Å²) in [6, 6.07) is 0. The number of hydrogen-bond donors (Lipinski definition) is 0. The van der Waals surface area contributed by atoms with Gasteiger partial charge in [-0.1, -0.05) is 4.99 Å². The number of hydrogen-bond acceptors (Lipinski definition) is 1. The summed E-state index contributed by atoms with van der Waals surface area (Å²) in [5.41, 5.74) is 0. The van der Waals surface area contributed by atoms with Gasteiger partial charge in [-0.3, -0.25) is 0 Å². The molecule has 0 aliphatic carbocycles. The van der Waals surface area contributed by atoms with Crippen molar-refractivity contribution in [2.24, 2.45) is 4.99 Å². The number of amidine groups is 1. The van der Waals surface area contributed by atoms with E-state index in [9.17, 15) is 0 Å². The van der Waals surface area contributed by atoms with Crippen molar-refractivity contribution in [3.63, 3.8) is 0 Å². The van der Waals surface area contributed by atoms with Gasteiger partial charge in [0, 0.05) is 6.92 Å². The summed E-state index contributed by atoms with van der Waals surface area (Å²) in [5, 5.41) is 0. The number of rotatable bonds is 0. The van der Waals surface area contributed by atoms with Gasteiger partial charge in [0.1, 0.15) is 6.21 Å². The van der Waals surface area contributed by atoms with E-state index in [2.05, 4.69) is 11.2 Å². The smallest absolute Gasteiger partial charge is 0.238 e. The van der Waals surface area contributed by atoms with Gasteiger partial charge in [-0.05, 0) is 0 Å². The molecule has 1 aliphatic rings. The minimum Gasteiger partial charge on any atom is -0.238 e. The van der Waals surface area contributed by atoms with E-state index in [1.54, 1.807) is 0 Å². The monoisotopic (exact) mass is 97.1 g/mol. The van der Waals surface area contributed by atoms with Crippen molar-refractivity contribution >= 4 is 12.1 Å². The Bertz CT molecular complexity index is 117. The average Bonchev–Trinajstić information content (AvgIpc) is 1.91. The fourth-order valence-electron chi connectivity index (χ4n) is 0.539. The molecule has 7 heavy (non-hydrogen) atoms. The molecular weight excluding hydrogens is 88.1 g/mol. The van der Waals surface area contributed by atoms with Crippen LogP contribution >= 0.6 is 0 Å². The van der Waals surface area contributed by atoms with E-state index >= 15 is 0 Å². The molecule has 1 heterocycles. The van der Waals surface area contributed by atoms with Crippen LogP contribution in [0.25, 0.3) is 0 Å². The van der Waals surface area contributed by atoms with E-state index in [0.29, 0.717) is 0 Å². The van der Waals surface area contributed by atoms with Gasteiger partial charge in [-0.15, -0.1) is 0 Å². The van der Waals surface area contributed by atoms with Crippen LogP contribution in [0.3, 0.4) is 0 Å². The summed E-state index contributed by atoms with van der Waals surface area (Å²) in [4.78, 5) is 4.10. The molecule has 38 valence electrons. The molecule has 1 rings (SSSR count). The SMILES string of the molecule is CC1=NCC=[N+]1C. The van der Waals surface area contributed by atoms with Crippen molar-refractivity contribution < 1.29 is 4.58 Å². The van der Waals surface area contributed by atoms with Gasteiger partial charge in [-0.25, -0.2) is 4.58 Å². The molecule has 2 heteroatoms. The third-order valence-electron chi connectivity index (χ3n) is 1.19. The highest BCUT2D eigenvalue weighted by atomic mass is 15.1. The van der Waals surface area contributed by atoms with Crippen molar-refractivity contribution in [2.45, 2.75) is 6.92 Å². The van der Waals surface area contributed by atoms with Gasteiger partial charge in [0.15, 0.2) is 6.54 Å². The van der Waals surface area contributed by atoms with E-state index in [1.165, 1.54) is 0 Å². The lowest BCUT2D eigenvalue weighted by molar-refractivity contribution is -0.362. The Hall–Kier alpha value is -0.660. The van der Waals surface area contributed by atoms with Crippen molar-refractivity contribution in [3.05, 3.63) is 0 Å². The summed E-state index contributed by atoms with van der Waals surface area (Å²) in [6.07, 6.45) is 2.05. The van der Waals surface area contributed by atoms with E-state index in [4.69, 9.17) is 0 Å². The van der Waals surface area contributed by atoms with Crippen molar-refractivity contribution in [3.8, 4) is 0 Å². The molecule has 1 aliphatic heterocycles. The first kappa shape index (κ1) is 4.50. The van der Waals surface area contributed by atoms with E-state index in [-0.39, 0.29) is 0 Å². The zero-order chi connectivity index (χ0) is 5.28. The highest BCUT2D eigenvalue weighted by Gasteiger charge is 2.07. The average molecular weight is 97.1 g/mol. The lowest BCUT2D eigenvalue weighted by atomic mass is 10.7. The van der Waals surface area contributed by atoms with Crippen LogP contribution in [-0.4, -0.2) is 30.2 Å². The first-order chi connectivity index (χ1) is 3.30. The Morgan fingerprint density at radius 2 is 2.57 bits per heavy atom. The summed E-state index contributed by atoms with van der Waals surface area (Å²) < 4.78 is 2.03. The summed E-state index contributed by atoms with van der Waals surface area (Å²) >= 11 is 0. The Balaban J connectivity index is 2.78. The van der Waals surface area contributed by atoms with Crippen molar-refractivity contribution in [1.29, 1.82) is 0 Å². The van der Waals surface area contributed by atoms with Gasteiger partial charge in [-0.2, -0.15) is 0 Å². The van der Waals surface area contributed by atoms with Crippen LogP contribution in [-0.2, 0) is 0 Å². The molecule has 0 fully saturated rings.